The Balaban J connectivity index is 0.000000684. The van der Waals surface area contributed by atoms with E-state index in [2.05, 4.69) is 47.4 Å². The summed E-state index contributed by atoms with van der Waals surface area (Å²) in [5.41, 5.74) is 2.41. The van der Waals surface area contributed by atoms with Crippen LogP contribution in [0, 0.1) is 0 Å². The van der Waals surface area contributed by atoms with Gasteiger partial charge in [-0.1, -0.05) is 158 Å². The molecule has 1 rings (SSSR count). The quantitative estimate of drug-likeness (QED) is 0.109. The fraction of sp³-hybridized carbons (Fsp3) is 0.774. The van der Waals surface area contributed by atoms with E-state index in [4.69, 9.17) is 0 Å². The number of halogens is 1. The molecule has 1 aromatic rings. The van der Waals surface area contributed by atoms with Crippen molar-refractivity contribution in [3.63, 3.8) is 0 Å². The number of unbranched alkanes of at least 4 members (excludes halogenated alkanes) is 18. The van der Waals surface area contributed by atoms with Crippen molar-refractivity contribution in [1.82, 2.24) is 4.98 Å². The van der Waals surface area contributed by atoms with Gasteiger partial charge in [0, 0.05) is 11.5 Å². The van der Waals surface area contributed by atoms with Gasteiger partial charge in [0.2, 0.25) is 0 Å². The molecular weight excluding hydrogens is 466 g/mol. The monoisotopic (exact) mass is 521 g/mol. The van der Waals surface area contributed by atoms with Gasteiger partial charge in [-0.25, -0.2) is 0 Å². The second-order valence-corrected chi connectivity index (χ2v) is 10.3. The summed E-state index contributed by atoms with van der Waals surface area (Å²) in [6.45, 7) is 8.38. The maximum Gasteiger partial charge on any atom is 0.0655 e. The lowest BCUT2D eigenvalue weighted by atomic mass is 10.0. The highest BCUT2D eigenvalue weighted by molar-refractivity contribution is 9.09. The van der Waals surface area contributed by atoms with E-state index in [0.717, 1.165) is 12.1 Å². The van der Waals surface area contributed by atoms with Gasteiger partial charge in [-0.05, 0) is 37.0 Å². The molecule has 1 nitrogen and oxygen atoms in total. The first kappa shape index (κ1) is 32.4. The summed E-state index contributed by atoms with van der Waals surface area (Å²) in [7, 11) is 0. The van der Waals surface area contributed by atoms with Crippen molar-refractivity contribution < 1.29 is 0 Å². The van der Waals surface area contributed by atoms with Crippen LogP contribution in [0.3, 0.4) is 0 Å². The van der Waals surface area contributed by atoms with Crippen LogP contribution < -0.4 is 0 Å². The lowest BCUT2D eigenvalue weighted by molar-refractivity contribution is 0.556. The number of rotatable bonds is 22. The molecule has 0 saturated heterocycles. The molecule has 0 saturated carbocycles. The molecule has 0 spiro atoms. The van der Waals surface area contributed by atoms with Crippen LogP contribution in [0.25, 0.3) is 6.08 Å². The van der Waals surface area contributed by atoms with Crippen LogP contribution >= 0.6 is 15.9 Å². The predicted octanol–water partition coefficient (Wildman–Crippen LogP) is 11.5. The number of nitrogens with zero attached hydrogens (tertiary/aromatic N) is 1. The number of aromatic nitrogens is 1. The first-order valence-electron chi connectivity index (χ1n) is 14.4. The molecule has 0 atom stereocenters. The first-order valence-corrected chi connectivity index (χ1v) is 15.5. The highest BCUT2D eigenvalue weighted by atomic mass is 79.9. The maximum atomic E-state index is 4.34. The number of hydrogen-bond donors (Lipinski definition) is 0. The van der Waals surface area contributed by atoms with Gasteiger partial charge in [0.05, 0.1) is 5.69 Å². The van der Waals surface area contributed by atoms with Crippen molar-refractivity contribution in [3.8, 4) is 0 Å². The smallest absolute Gasteiger partial charge is 0.0655 e. The predicted molar refractivity (Wildman–Crippen MR) is 156 cm³/mol. The van der Waals surface area contributed by atoms with Crippen LogP contribution in [-0.4, -0.2) is 10.3 Å². The largest absolute Gasteiger partial charge is 0.257 e. The maximum absolute atomic E-state index is 4.34. The van der Waals surface area contributed by atoms with E-state index < -0.39 is 0 Å². The molecule has 33 heavy (non-hydrogen) atoms. The zero-order valence-corrected chi connectivity index (χ0v) is 24.0. The number of hydrogen-bond acceptors (Lipinski definition) is 1. The van der Waals surface area contributed by atoms with E-state index in [1.165, 1.54) is 139 Å². The molecular formula is C31H56BrN. The third kappa shape index (κ3) is 22.9. The number of pyridine rings is 1. The summed E-state index contributed by atoms with van der Waals surface area (Å²) in [6, 6.07) is 4.20. The van der Waals surface area contributed by atoms with Crippen molar-refractivity contribution in [2.75, 3.05) is 5.33 Å². The summed E-state index contributed by atoms with van der Waals surface area (Å²) in [4.78, 5) is 4.34. The third-order valence-electron chi connectivity index (χ3n) is 6.41. The van der Waals surface area contributed by atoms with Gasteiger partial charge in [-0.3, -0.25) is 4.98 Å². The molecule has 0 aliphatic carbocycles. The molecule has 0 radical (unpaired) electrons. The van der Waals surface area contributed by atoms with Gasteiger partial charge in [0.25, 0.3) is 0 Å². The normalized spacial score (nSPS) is 10.6. The minimum Gasteiger partial charge on any atom is -0.257 e. The summed E-state index contributed by atoms with van der Waals surface area (Å²) < 4.78 is 0. The highest BCUT2D eigenvalue weighted by Crippen LogP contribution is 2.14. The van der Waals surface area contributed by atoms with E-state index in [1.54, 1.807) is 0 Å². The van der Waals surface area contributed by atoms with Crippen molar-refractivity contribution in [2.45, 2.75) is 149 Å². The summed E-state index contributed by atoms with van der Waals surface area (Å²) in [5, 5.41) is 1.18. The van der Waals surface area contributed by atoms with Gasteiger partial charge in [0.15, 0.2) is 0 Å². The van der Waals surface area contributed by atoms with Crippen LogP contribution in [0.15, 0.2) is 24.9 Å². The molecule has 0 aliphatic rings. The standard InChI is InChI=1S/C19H31N.C12H25Br/c1-3-5-6-7-8-9-10-11-12-13-15-18-16-14-17-20-19(18)4-2;1-2-3-4-5-6-7-8-9-10-11-12-13/h4,14,16-17H,2-3,5-13,15H2,1H3;2-12H2,1H3. The molecule has 0 amide bonds. The van der Waals surface area contributed by atoms with Gasteiger partial charge >= 0.3 is 0 Å². The molecule has 0 aromatic carbocycles. The van der Waals surface area contributed by atoms with E-state index in [0.29, 0.717) is 0 Å². The zero-order chi connectivity index (χ0) is 24.2. The Kier molecular flexibility index (Phi) is 27.1. The Morgan fingerprint density at radius 2 is 1.09 bits per heavy atom. The Hall–Kier alpha value is -0.630. The van der Waals surface area contributed by atoms with Crippen LogP contribution in [0.4, 0.5) is 0 Å². The Morgan fingerprint density at radius 1 is 0.667 bits per heavy atom. The summed E-state index contributed by atoms with van der Waals surface area (Å²) in [5.74, 6) is 0. The molecule has 0 bridgehead atoms. The van der Waals surface area contributed by atoms with E-state index >= 15 is 0 Å². The minimum absolute atomic E-state index is 1.06. The lowest BCUT2D eigenvalue weighted by Gasteiger charge is -2.05. The van der Waals surface area contributed by atoms with Crippen LogP contribution in [-0.2, 0) is 6.42 Å². The van der Waals surface area contributed by atoms with Gasteiger partial charge in [-0.15, -0.1) is 0 Å². The second kappa shape index (κ2) is 27.6. The molecule has 0 fully saturated rings. The van der Waals surface area contributed by atoms with Gasteiger partial charge in [0.1, 0.15) is 0 Å². The van der Waals surface area contributed by atoms with Crippen LogP contribution in [0.1, 0.15) is 154 Å². The summed E-state index contributed by atoms with van der Waals surface area (Å²) in [6.07, 6.45) is 33.1. The van der Waals surface area contributed by atoms with Crippen molar-refractivity contribution >= 4 is 22.0 Å². The van der Waals surface area contributed by atoms with Gasteiger partial charge in [-0.2, -0.15) is 0 Å². The topological polar surface area (TPSA) is 12.9 Å². The molecule has 0 unspecified atom stereocenters. The lowest BCUT2D eigenvalue weighted by Crippen LogP contribution is -1.92. The second-order valence-electron chi connectivity index (χ2n) is 9.55. The Labute approximate surface area is 216 Å². The minimum atomic E-state index is 1.06. The van der Waals surface area contributed by atoms with E-state index in [9.17, 15) is 0 Å². The SMILES string of the molecule is C=Cc1ncccc1CCCCCCCCCCCC.CCCCCCCCCCCCBr. The van der Waals surface area contributed by atoms with Crippen molar-refractivity contribution in [2.24, 2.45) is 0 Å². The molecule has 2 heteroatoms. The summed E-state index contributed by atoms with van der Waals surface area (Å²) >= 11 is 3.46. The van der Waals surface area contributed by atoms with Crippen LogP contribution in [0.5, 0.6) is 0 Å². The molecule has 1 heterocycles. The molecule has 1 aromatic heterocycles. The third-order valence-corrected chi connectivity index (χ3v) is 6.97. The number of alkyl halides is 1. The van der Waals surface area contributed by atoms with Crippen molar-refractivity contribution in [1.29, 1.82) is 0 Å². The Bertz CT molecular complexity index is 503. The van der Waals surface area contributed by atoms with E-state index in [-0.39, 0.29) is 0 Å². The zero-order valence-electron chi connectivity index (χ0n) is 22.4. The highest BCUT2D eigenvalue weighted by Gasteiger charge is 1.99. The fourth-order valence-electron chi connectivity index (χ4n) is 4.23. The molecule has 192 valence electrons. The Morgan fingerprint density at radius 3 is 1.52 bits per heavy atom. The number of aryl methyl sites for hydroxylation is 1. The average Bonchev–Trinajstić information content (AvgIpc) is 2.85. The van der Waals surface area contributed by atoms with Crippen LogP contribution in [0.2, 0.25) is 0 Å². The average molecular weight is 523 g/mol. The van der Waals surface area contributed by atoms with Crippen molar-refractivity contribution in [3.05, 3.63) is 36.2 Å². The fourth-order valence-corrected chi connectivity index (χ4v) is 4.63. The van der Waals surface area contributed by atoms with Gasteiger partial charge < -0.3 is 0 Å². The first-order chi connectivity index (χ1) is 16.3. The molecule has 0 aliphatic heterocycles. The molecule has 0 N–H and O–H groups in total. The van der Waals surface area contributed by atoms with E-state index in [1.807, 2.05) is 18.3 Å².